The molecule has 2 fully saturated rings. The molecule has 2 aliphatic heterocycles. The number of aryl methyl sites for hydroxylation is 1. The quantitative estimate of drug-likeness (QED) is 0.449. The van der Waals surface area contributed by atoms with Crippen LogP contribution in [0.15, 0.2) is 48.7 Å². The molecule has 0 radical (unpaired) electrons. The van der Waals surface area contributed by atoms with Gasteiger partial charge < -0.3 is 14.6 Å². The minimum absolute atomic E-state index is 0.170. The third-order valence-corrected chi connectivity index (χ3v) is 7.50. The van der Waals surface area contributed by atoms with E-state index >= 15 is 0 Å². The number of likely N-dealkylation sites (tertiary alicyclic amines) is 1. The normalized spacial score (nSPS) is 21.0. The molecule has 8 nitrogen and oxygen atoms in total. The minimum Gasteiger partial charge on any atom is -0.507 e. The van der Waals surface area contributed by atoms with E-state index in [4.69, 9.17) is 9.47 Å². The predicted octanol–water partition coefficient (Wildman–Crippen LogP) is 4.38. The van der Waals surface area contributed by atoms with Crippen molar-refractivity contribution in [1.29, 1.82) is 0 Å². The van der Waals surface area contributed by atoms with Crippen molar-refractivity contribution in [2.75, 3.05) is 26.8 Å². The summed E-state index contributed by atoms with van der Waals surface area (Å²) in [6, 6.07) is 14.3. The second kappa shape index (κ2) is 9.19. The molecular weight excluding hydrogens is 454 g/mol. The average Bonchev–Trinajstić information content (AvgIpc) is 3.23. The average molecular weight is 486 g/mol. The summed E-state index contributed by atoms with van der Waals surface area (Å²) in [6.45, 7) is 5.06. The first-order valence-corrected chi connectivity index (χ1v) is 12.5. The van der Waals surface area contributed by atoms with Gasteiger partial charge in [0, 0.05) is 55.9 Å². The summed E-state index contributed by atoms with van der Waals surface area (Å²) in [7, 11) is 3.53. The van der Waals surface area contributed by atoms with E-state index < -0.39 is 0 Å². The van der Waals surface area contributed by atoms with Crippen LogP contribution in [-0.4, -0.2) is 68.9 Å². The fourth-order valence-electron chi connectivity index (χ4n) is 5.48. The van der Waals surface area contributed by atoms with Crippen molar-refractivity contribution in [3.05, 3.63) is 54.4 Å². The van der Waals surface area contributed by atoms with Crippen molar-refractivity contribution in [2.24, 2.45) is 7.05 Å². The van der Waals surface area contributed by atoms with Crippen LogP contribution in [0.4, 0.5) is 0 Å². The van der Waals surface area contributed by atoms with Gasteiger partial charge in [-0.15, -0.1) is 0 Å². The van der Waals surface area contributed by atoms with E-state index in [2.05, 4.69) is 33.2 Å². The molecule has 4 aromatic rings. The highest BCUT2D eigenvalue weighted by atomic mass is 16.5. The van der Waals surface area contributed by atoms with Gasteiger partial charge in [0.1, 0.15) is 17.0 Å². The number of benzene rings is 2. The second-order valence-electron chi connectivity index (χ2n) is 10.0. The minimum atomic E-state index is 0.170. The van der Waals surface area contributed by atoms with E-state index in [9.17, 15) is 5.11 Å². The molecule has 0 spiro atoms. The van der Waals surface area contributed by atoms with E-state index in [1.54, 1.807) is 17.9 Å². The number of hydrogen-bond acceptors (Lipinski definition) is 7. The smallest absolute Gasteiger partial charge is 0.147 e. The maximum absolute atomic E-state index is 10.9. The van der Waals surface area contributed by atoms with E-state index in [0.29, 0.717) is 35.1 Å². The molecule has 2 unspecified atom stereocenters. The third kappa shape index (κ3) is 4.20. The number of methoxy groups -OCH3 is 1. The summed E-state index contributed by atoms with van der Waals surface area (Å²) < 4.78 is 13.0. The molecule has 0 saturated carbocycles. The molecule has 36 heavy (non-hydrogen) atoms. The highest BCUT2D eigenvalue weighted by molar-refractivity contribution is 5.90. The highest BCUT2D eigenvalue weighted by Crippen LogP contribution is 2.37. The van der Waals surface area contributed by atoms with E-state index in [1.807, 2.05) is 43.6 Å². The zero-order valence-corrected chi connectivity index (χ0v) is 20.9. The van der Waals surface area contributed by atoms with Gasteiger partial charge >= 0.3 is 0 Å². The number of ether oxygens (including phenoxy) is 2. The van der Waals surface area contributed by atoms with Crippen molar-refractivity contribution in [1.82, 2.24) is 24.9 Å². The molecule has 2 aliphatic rings. The van der Waals surface area contributed by atoms with Gasteiger partial charge in [0.15, 0.2) is 0 Å². The van der Waals surface area contributed by atoms with Gasteiger partial charge in [-0.05, 0) is 67.3 Å². The largest absolute Gasteiger partial charge is 0.507 e. The Morgan fingerprint density at radius 1 is 1.06 bits per heavy atom. The molecule has 2 atom stereocenters. The molecule has 0 amide bonds. The summed E-state index contributed by atoms with van der Waals surface area (Å²) in [4.78, 5) is 2.54. The number of fused-ring (bicyclic) bond motifs is 1. The molecule has 0 aliphatic carbocycles. The van der Waals surface area contributed by atoms with Gasteiger partial charge in [-0.2, -0.15) is 15.3 Å². The van der Waals surface area contributed by atoms with Crippen molar-refractivity contribution < 1.29 is 14.6 Å². The van der Waals surface area contributed by atoms with E-state index in [-0.39, 0.29) is 5.75 Å². The Kier molecular flexibility index (Phi) is 5.85. The molecule has 2 aromatic carbocycles. The number of aromatic nitrogens is 4. The SMILES string of the molecule is COc1cc(-c2ccc(-c3ccc(C4CN(C5CCOC(C)C5)C4)nn3)c(O)c2)cc2cn(C)nc12. The Hall–Kier alpha value is -3.49. The molecule has 8 heteroatoms. The Labute approximate surface area is 210 Å². The van der Waals surface area contributed by atoms with Crippen LogP contribution in [0.25, 0.3) is 33.3 Å². The van der Waals surface area contributed by atoms with Crippen molar-refractivity contribution in [2.45, 2.75) is 37.8 Å². The van der Waals surface area contributed by atoms with E-state index in [1.165, 1.54) is 0 Å². The Bertz CT molecular complexity index is 1390. The van der Waals surface area contributed by atoms with Crippen LogP contribution < -0.4 is 4.74 Å². The first-order chi connectivity index (χ1) is 17.5. The molecule has 2 saturated heterocycles. The number of nitrogens with zero attached hydrogens (tertiary/aromatic N) is 5. The topological polar surface area (TPSA) is 85.5 Å². The zero-order valence-electron chi connectivity index (χ0n) is 20.9. The Morgan fingerprint density at radius 3 is 2.64 bits per heavy atom. The van der Waals surface area contributed by atoms with Crippen LogP contribution in [0.5, 0.6) is 11.5 Å². The highest BCUT2D eigenvalue weighted by Gasteiger charge is 2.36. The first kappa shape index (κ1) is 22.9. The molecule has 4 heterocycles. The summed E-state index contributed by atoms with van der Waals surface area (Å²) in [5.41, 5.74) is 5.00. The molecular formula is C28H31N5O3. The van der Waals surface area contributed by atoms with Crippen LogP contribution in [0.2, 0.25) is 0 Å². The number of hydrogen-bond donors (Lipinski definition) is 1. The fraction of sp³-hybridized carbons (Fsp3) is 0.393. The molecule has 2 aromatic heterocycles. The van der Waals surface area contributed by atoms with Gasteiger partial charge in [0.05, 0.1) is 24.6 Å². The van der Waals surface area contributed by atoms with Crippen molar-refractivity contribution >= 4 is 10.9 Å². The number of aromatic hydroxyl groups is 1. The van der Waals surface area contributed by atoms with Crippen LogP contribution >= 0.6 is 0 Å². The lowest BCUT2D eigenvalue weighted by Crippen LogP contribution is -2.53. The monoisotopic (exact) mass is 485 g/mol. The van der Waals surface area contributed by atoms with Crippen LogP contribution in [0.1, 0.15) is 31.4 Å². The first-order valence-electron chi connectivity index (χ1n) is 12.5. The second-order valence-corrected chi connectivity index (χ2v) is 10.0. The predicted molar refractivity (Wildman–Crippen MR) is 138 cm³/mol. The third-order valence-electron chi connectivity index (χ3n) is 7.50. The summed E-state index contributed by atoms with van der Waals surface area (Å²) in [6.07, 6.45) is 4.52. The molecule has 6 rings (SSSR count). The van der Waals surface area contributed by atoms with Crippen molar-refractivity contribution in [3.63, 3.8) is 0 Å². The zero-order chi connectivity index (χ0) is 24.8. The van der Waals surface area contributed by atoms with Gasteiger partial charge in [0.2, 0.25) is 0 Å². The Balaban J connectivity index is 1.18. The summed E-state index contributed by atoms with van der Waals surface area (Å²) in [5, 5.41) is 25.3. The van der Waals surface area contributed by atoms with Crippen LogP contribution in [-0.2, 0) is 11.8 Å². The van der Waals surface area contributed by atoms with E-state index in [0.717, 1.165) is 60.3 Å². The molecule has 186 valence electrons. The summed E-state index contributed by atoms with van der Waals surface area (Å²) in [5.74, 6) is 1.29. The maximum Gasteiger partial charge on any atom is 0.147 e. The maximum atomic E-state index is 10.9. The number of phenolic OH excluding ortho intramolecular Hbond substituents is 1. The fourth-order valence-corrected chi connectivity index (χ4v) is 5.48. The molecule has 1 N–H and O–H groups in total. The van der Waals surface area contributed by atoms with Gasteiger partial charge in [-0.25, -0.2) is 0 Å². The van der Waals surface area contributed by atoms with Crippen molar-refractivity contribution in [3.8, 4) is 33.9 Å². The molecule has 0 bridgehead atoms. The van der Waals surface area contributed by atoms with Gasteiger partial charge in [0.25, 0.3) is 0 Å². The number of phenols is 1. The lowest BCUT2D eigenvalue weighted by molar-refractivity contribution is -0.0382. The number of rotatable bonds is 5. The summed E-state index contributed by atoms with van der Waals surface area (Å²) >= 11 is 0. The van der Waals surface area contributed by atoms with Crippen LogP contribution in [0, 0.1) is 0 Å². The van der Waals surface area contributed by atoms with Gasteiger partial charge in [-0.3, -0.25) is 9.58 Å². The van der Waals surface area contributed by atoms with Gasteiger partial charge in [-0.1, -0.05) is 6.07 Å². The van der Waals surface area contributed by atoms with Crippen LogP contribution in [0.3, 0.4) is 0 Å². The lowest BCUT2D eigenvalue weighted by atomic mass is 9.90. The Morgan fingerprint density at radius 2 is 1.92 bits per heavy atom. The lowest BCUT2D eigenvalue weighted by Gasteiger charge is -2.46. The standard InChI is InChI=1S/C28H31N5O3/c1-17-10-22(8-9-36-17)33-15-21(16-33)24-6-7-25(30-29-24)23-5-4-18(12-26(23)34)19-11-20-14-32(2)31-28(20)27(13-19)35-3/h4-7,11-14,17,21-22,34H,8-10,15-16H2,1-3H3.